The predicted molar refractivity (Wildman–Crippen MR) is 193 cm³/mol. The van der Waals surface area contributed by atoms with Crippen LogP contribution in [0.5, 0.6) is 0 Å². The van der Waals surface area contributed by atoms with Gasteiger partial charge in [-0.3, -0.25) is 28.8 Å². The van der Waals surface area contributed by atoms with Gasteiger partial charge in [0.1, 0.15) is 37.4 Å². The lowest BCUT2D eigenvalue weighted by molar-refractivity contribution is -0.141. The van der Waals surface area contributed by atoms with Crippen LogP contribution in [0.15, 0.2) is 60.7 Å². The average Bonchev–Trinajstić information content (AvgIpc) is 3.12. The number of rotatable bonds is 18. The first kappa shape index (κ1) is 43.5. The van der Waals surface area contributed by atoms with Gasteiger partial charge in [-0.05, 0) is 38.8 Å². The normalized spacial score (nSPS) is 12.4. The molecule has 0 aliphatic rings. The van der Waals surface area contributed by atoms with Crippen molar-refractivity contribution in [2.45, 2.75) is 64.4 Å². The van der Waals surface area contributed by atoms with Gasteiger partial charge in [-0.15, -0.1) is 0 Å². The van der Waals surface area contributed by atoms with E-state index in [-0.39, 0.29) is 18.8 Å². The number of hydrogen-bond acceptors (Lipinski definition) is 12. The lowest BCUT2D eigenvalue weighted by Gasteiger charge is -2.21. The summed E-state index contributed by atoms with van der Waals surface area (Å²) >= 11 is 0.632. The molecule has 2 aromatic carbocycles. The Bertz CT molecular complexity index is 1570. The third-order valence-corrected chi connectivity index (χ3v) is 7.87. The van der Waals surface area contributed by atoms with Crippen LogP contribution in [-0.4, -0.2) is 103 Å². The molecule has 0 bridgehead atoms. The Morgan fingerprint density at radius 2 is 1.21 bits per heavy atom. The van der Waals surface area contributed by atoms with Gasteiger partial charge in [0.25, 0.3) is 0 Å². The maximum absolute atomic E-state index is 13.2. The fourth-order valence-corrected chi connectivity index (χ4v) is 5.01. The largest absolute Gasteiger partial charge is 0.468 e. The molecule has 288 valence electrons. The molecule has 2 rings (SSSR count). The topological polar surface area (TPSA) is 236 Å². The number of ether oxygens (including phenoxy) is 3. The van der Waals surface area contributed by atoms with Gasteiger partial charge in [-0.2, -0.15) is 0 Å². The Kier molecular flexibility index (Phi) is 18.3. The molecule has 6 N–H and O–H groups in total. The third kappa shape index (κ3) is 18.4. The molecule has 0 unspecified atom stereocenters. The van der Waals surface area contributed by atoms with Crippen LogP contribution in [0, 0.1) is 0 Å². The van der Waals surface area contributed by atoms with E-state index in [1.165, 1.54) is 6.92 Å². The van der Waals surface area contributed by atoms with Gasteiger partial charge in [0, 0.05) is 12.2 Å². The summed E-state index contributed by atoms with van der Waals surface area (Å²) in [5, 5.41) is 13.8. The number of nitrogens with one attached hydrogen (secondary N) is 6. The van der Waals surface area contributed by atoms with Crippen molar-refractivity contribution < 1.29 is 52.6 Å². The molecular weight excluding hydrogens is 712 g/mol. The smallest absolute Gasteiger partial charge is 0.408 e. The summed E-state index contributed by atoms with van der Waals surface area (Å²) in [4.78, 5) is 100. The Labute approximate surface area is 311 Å². The zero-order valence-corrected chi connectivity index (χ0v) is 31.0. The first-order valence-corrected chi connectivity index (χ1v) is 17.4. The summed E-state index contributed by atoms with van der Waals surface area (Å²) in [5.41, 5.74) is 0.642. The quantitative estimate of drug-likeness (QED) is 0.0911. The molecule has 0 spiro atoms. The van der Waals surface area contributed by atoms with E-state index in [0.717, 1.165) is 12.7 Å². The number of carbonyl (C=O) groups is 8. The van der Waals surface area contributed by atoms with Crippen molar-refractivity contribution in [2.75, 3.05) is 32.5 Å². The van der Waals surface area contributed by atoms with E-state index in [2.05, 4.69) is 36.6 Å². The fraction of sp³-hybridized carbons (Fsp3) is 0.429. The van der Waals surface area contributed by atoms with E-state index in [1.54, 1.807) is 75.4 Å². The summed E-state index contributed by atoms with van der Waals surface area (Å²) in [6.45, 7) is 4.72. The highest BCUT2D eigenvalue weighted by Gasteiger charge is 2.27. The average molecular weight is 759 g/mol. The van der Waals surface area contributed by atoms with Crippen molar-refractivity contribution in [2.24, 2.45) is 0 Å². The summed E-state index contributed by atoms with van der Waals surface area (Å²) in [6.07, 6.45) is -1.63. The molecule has 0 fully saturated rings. The second-order valence-corrected chi connectivity index (χ2v) is 13.4. The molecule has 0 saturated carbocycles. The van der Waals surface area contributed by atoms with Crippen LogP contribution >= 0.6 is 11.8 Å². The minimum atomic E-state index is -1.37. The van der Waals surface area contributed by atoms with Crippen molar-refractivity contribution in [3.63, 3.8) is 0 Å². The molecule has 0 aliphatic heterocycles. The van der Waals surface area contributed by atoms with Crippen LogP contribution in [-0.2, 0) is 56.0 Å². The van der Waals surface area contributed by atoms with E-state index < -0.39 is 90.3 Å². The first-order chi connectivity index (χ1) is 25.1. The highest BCUT2D eigenvalue weighted by molar-refractivity contribution is 8.13. The molecule has 0 heterocycles. The summed E-state index contributed by atoms with van der Waals surface area (Å²) in [6, 6.07) is 14.1. The van der Waals surface area contributed by atoms with Gasteiger partial charge in [0.2, 0.25) is 28.7 Å². The number of esters is 1. The molecule has 6 amide bonds. The maximum atomic E-state index is 13.2. The minimum Gasteiger partial charge on any atom is -0.468 e. The Morgan fingerprint density at radius 1 is 0.679 bits per heavy atom. The highest BCUT2D eigenvalue weighted by Crippen LogP contribution is 2.10. The van der Waals surface area contributed by atoms with E-state index in [1.807, 2.05) is 6.07 Å². The van der Waals surface area contributed by atoms with Gasteiger partial charge in [-0.25, -0.2) is 9.59 Å². The van der Waals surface area contributed by atoms with Gasteiger partial charge < -0.3 is 46.1 Å². The van der Waals surface area contributed by atoms with E-state index in [0.29, 0.717) is 17.3 Å². The number of hydrogen-bond donors (Lipinski definition) is 6. The predicted octanol–water partition coefficient (Wildman–Crippen LogP) is 0.704. The highest BCUT2D eigenvalue weighted by atomic mass is 32.2. The molecule has 3 atom stereocenters. The van der Waals surface area contributed by atoms with Crippen molar-refractivity contribution >= 4 is 58.7 Å². The van der Waals surface area contributed by atoms with Crippen molar-refractivity contribution in [1.29, 1.82) is 0 Å². The number of benzene rings is 2. The standard InChI is InChI=1S/C35H46N6O11S/c1-22(39-34(49)51-20-24-14-10-7-11-15-24)32(47)53-21-26(31(46)37-19-29(44)50-5)41-27(42)17-36-30(45)25(16-23-12-8-6-9-13-23)40-28(43)18-38-33(48)52-35(2,3)4/h6-15,22,25-26H,16-21H2,1-5H3,(H,36,45)(H,37,46)(H,38,48)(H,39,49)(H,40,43)(H,41,42)/t22-,25-,26-/m0/s1. The molecule has 17 nitrogen and oxygen atoms in total. The number of carbonyl (C=O) groups excluding carboxylic acids is 8. The molecular formula is C35H46N6O11S. The second-order valence-electron chi connectivity index (χ2n) is 12.4. The zero-order valence-electron chi connectivity index (χ0n) is 30.1. The van der Waals surface area contributed by atoms with Gasteiger partial charge >= 0.3 is 18.2 Å². The molecule has 53 heavy (non-hydrogen) atoms. The first-order valence-electron chi connectivity index (χ1n) is 16.4. The number of methoxy groups -OCH3 is 1. The number of thioether (sulfide) groups is 1. The number of amides is 6. The fourth-order valence-electron chi connectivity index (χ4n) is 4.14. The molecule has 0 aliphatic carbocycles. The third-order valence-electron chi connectivity index (χ3n) is 6.73. The maximum Gasteiger partial charge on any atom is 0.408 e. The summed E-state index contributed by atoms with van der Waals surface area (Å²) in [7, 11) is 1.12. The van der Waals surface area contributed by atoms with Gasteiger partial charge in [-0.1, -0.05) is 72.4 Å². The summed E-state index contributed by atoms with van der Waals surface area (Å²) in [5.74, 6) is -4.19. The van der Waals surface area contributed by atoms with Crippen LogP contribution in [0.25, 0.3) is 0 Å². The minimum absolute atomic E-state index is 0.0174. The zero-order chi connectivity index (χ0) is 39.4. The van der Waals surface area contributed by atoms with Crippen molar-refractivity contribution in [1.82, 2.24) is 31.9 Å². The van der Waals surface area contributed by atoms with E-state index in [9.17, 15) is 38.4 Å². The van der Waals surface area contributed by atoms with Crippen molar-refractivity contribution in [3.8, 4) is 0 Å². The Balaban J connectivity index is 2.01. The van der Waals surface area contributed by atoms with Crippen molar-refractivity contribution in [3.05, 3.63) is 71.8 Å². The van der Waals surface area contributed by atoms with Crippen LogP contribution < -0.4 is 31.9 Å². The molecule has 0 radical (unpaired) electrons. The molecule has 0 aromatic heterocycles. The lowest BCUT2D eigenvalue weighted by atomic mass is 10.1. The number of alkyl carbamates (subject to hydrolysis) is 2. The van der Waals surface area contributed by atoms with Crippen LogP contribution in [0.3, 0.4) is 0 Å². The van der Waals surface area contributed by atoms with Crippen LogP contribution in [0.2, 0.25) is 0 Å². The monoisotopic (exact) mass is 758 g/mol. The Morgan fingerprint density at radius 3 is 1.79 bits per heavy atom. The molecule has 18 heteroatoms. The lowest BCUT2D eigenvalue weighted by Crippen LogP contribution is -2.54. The van der Waals surface area contributed by atoms with Crippen LogP contribution in [0.4, 0.5) is 9.59 Å². The SMILES string of the molecule is COC(=O)CNC(=O)[C@H](CSC(=O)[C@H](C)NC(=O)OCc1ccccc1)NC(=O)CNC(=O)[C@H](Cc1ccccc1)NC(=O)CNC(=O)OC(C)(C)C. The second kappa shape index (κ2) is 22.3. The van der Waals surface area contributed by atoms with E-state index in [4.69, 9.17) is 9.47 Å². The molecule has 2 aromatic rings. The van der Waals surface area contributed by atoms with Gasteiger partial charge in [0.15, 0.2) is 0 Å². The van der Waals surface area contributed by atoms with E-state index >= 15 is 0 Å². The summed E-state index contributed by atoms with van der Waals surface area (Å²) < 4.78 is 14.8. The van der Waals surface area contributed by atoms with Crippen LogP contribution in [0.1, 0.15) is 38.8 Å². The molecule has 0 saturated heterocycles. The van der Waals surface area contributed by atoms with Gasteiger partial charge in [0.05, 0.1) is 19.7 Å². The Hall–Kier alpha value is -5.65.